The van der Waals surface area contributed by atoms with E-state index in [1.807, 2.05) is 30.3 Å². The molecule has 0 heterocycles. The minimum absolute atomic E-state index is 0.127. The average Bonchev–Trinajstić information content (AvgIpc) is 2.14. The van der Waals surface area contributed by atoms with Crippen molar-refractivity contribution in [3.05, 3.63) is 41.5 Å². The van der Waals surface area contributed by atoms with Crippen LogP contribution in [-0.2, 0) is 0 Å². The second kappa shape index (κ2) is 4.40. The number of hydrogen-bond acceptors (Lipinski definition) is 2. The first kappa shape index (κ1) is 11.0. The van der Waals surface area contributed by atoms with Crippen molar-refractivity contribution in [1.82, 2.24) is 0 Å². The van der Waals surface area contributed by atoms with Crippen molar-refractivity contribution in [1.29, 1.82) is 0 Å². The zero-order chi connectivity index (χ0) is 10.6. The lowest BCUT2D eigenvalue weighted by Crippen LogP contribution is -2.24. The van der Waals surface area contributed by atoms with Crippen molar-refractivity contribution >= 4 is 6.08 Å². The standard InChI is InChI=1S/C12H16O2/c1-12(2,14)11(9-13)8-10-6-4-3-5-7-10/h3-8,13-14H,9H2,1-2H3/b11-8+. The maximum atomic E-state index is 9.71. The van der Waals surface area contributed by atoms with Crippen LogP contribution < -0.4 is 0 Å². The van der Waals surface area contributed by atoms with E-state index in [1.54, 1.807) is 19.9 Å². The van der Waals surface area contributed by atoms with E-state index in [4.69, 9.17) is 5.11 Å². The van der Waals surface area contributed by atoms with Gasteiger partial charge in [-0.2, -0.15) is 0 Å². The van der Waals surface area contributed by atoms with Crippen LogP contribution in [0.25, 0.3) is 6.08 Å². The molecule has 0 unspecified atom stereocenters. The third-order valence-electron chi connectivity index (χ3n) is 2.10. The Hall–Kier alpha value is -1.12. The maximum Gasteiger partial charge on any atom is 0.0826 e. The van der Waals surface area contributed by atoms with Gasteiger partial charge < -0.3 is 10.2 Å². The number of benzene rings is 1. The summed E-state index contributed by atoms with van der Waals surface area (Å²) in [5.41, 5.74) is 0.632. The van der Waals surface area contributed by atoms with Crippen LogP contribution in [0.1, 0.15) is 19.4 Å². The highest BCUT2D eigenvalue weighted by Gasteiger charge is 2.17. The Morgan fingerprint density at radius 3 is 2.29 bits per heavy atom. The lowest BCUT2D eigenvalue weighted by Gasteiger charge is -2.19. The fourth-order valence-corrected chi connectivity index (χ4v) is 1.17. The molecule has 0 bridgehead atoms. The Kier molecular flexibility index (Phi) is 3.44. The molecule has 0 atom stereocenters. The van der Waals surface area contributed by atoms with E-state index in [2.05, 4.69) is 0 Å². The van der Waals surface area contributed by atoms with E-state index in [0.717, 1.165) is 5.56 Å². The Morgan fingerprint density at radius 2 is 1.86 bits per heavy atom. The Balaban J connectivity index is 2.96. The van der Waals surface area contributed by atoms with Crippen molar-refractivity contribution in [2.45, 2.75) is 19.4 Å². The van der Waals surface area contributed by atoms with Gasteiger partial charge in [-0.15, -0.1) is 0 Å². The van der Waals surface area contributed by atoms with Gasteiger partial charge in [0.2, 0.25) is 0 Å². The summed E-state index contributed by atoms with van der Waals surface area (Å²) in [5, 5.41) is 18.8. The molecule has 0 radical (unpaired) electrons. The van der Waals surface area contributed by atoms with Gasteiger partial charge in [-0.25, -0.2) is 0 Å². The predicted molar refractivity (Wildman–Crippen MR) is 57.8 cm³/mol. The van der Waals surface area contributed by atoms with Crippen molar-refractivity contribution in [2.24, 2.45) is 0 Å². The summed E-state index contributed by atoms with van der Waals surface area (Å²) in [4.78, 5) is 0. The smallest absolute Gasteiger partial charge is 0.0826 e. The molecule has 0 amide bonds. The first-order chi connectivity index (χ1) is 6.54. The molecule has 14 heavy (non-hydrogen) atoms. The topological polar surface area (TPSA) is 40.5 Å². The van der Waals surface area contributed by atoms with Crippen LogP contribution in [-0.4, -0.2) is 22.4 Å². The normalized spacial score (nSPS) is 13.0. The van der Waals surface area contributed by atoms with Gasteiger partial charge in [-0.3, -0.25) is 0 Å². The zero-order valence-electron chi connectivity index (χ0n) is 8.57. The highest BCUT2D eigenvalue weighted by molar-refractivity contribution is 5.54. The van der Waals surface area contributed by atoms with Gasteiger partial charge in [0.25, 0.3) is 0 Å². The van der Waals surface area contributed by atoms with Crippen LogP contribution in [0.3, 0.4) is 0 Å². The van der Waals surface area contributed by atoms with Crippen molar-refractivity contribution < 1.29 is 10.2 Å². The van der Waals surface area contributed by atoms with Gasteiger partial charge in [0.05, 0.1) is 12.2 Å². The number of hydrogen-bond donors (Lipinski definition) is 2. The molecule has 0 saturated heterocycles. The lowest BCUT2D eigenvalue weighted by atomic mass is 9.96. The summed E-state index contributed by atoms with van der Waals surface area (Å²) in [6.45, 7) is 3.20. The predicted octanol–water partition coefficient (Wildman–Crippen LogP) is 1.83. The summed E-state index contributed by atoms with van der Waals surface area (Å²) >= 11 is 0. The summed E-state index contributed by atoms with van der Waals surface area (Å²) in [7, 11) is 0. The quantitative estimate of drug-likeness (QED) is 0.767. The molecule has 2 heteroatoms. The van der Waals surface area contributed by atoms with E-state index in [9.17, 15) is 5.11 Å². The fraction of sp³-hybridized carbons (Fsp3) is 0.333. The molecule has 2 nitrogen and oxygen atoms in total. The van der Waals surface area contributed by atoms with Crippen molar-refractivity contribution in [3.63, 3.8) is 0 Å². The summed E-state index contributed by atoms with van der Waals surface area (Å²) in [6.07, 6.45) is 1.81. The SMILES string of the molecule is CC(C)(O)/C(=C/c1ccccc1)CO. The molecule has 1 rings (SSSR count). The second-order valence-electron chi connectivity index (χ2n) is 3.80. The number of rotatable bonds is 3. The first-order valence-corrected chi connectivity index (χ1v) is 4.63. The van der Waals surface area contributed by atoms with E-state index in [1.165, 1.54) is 0 Å². The van der Waals surface area contributed by atoms with Crippen LogP contribution in [0.2, 0.25) is 0 Å². The van der Waals surface area contributed by atoms with Crippen LogP contribution in [0.15, 0.2) is 35.9 Å². The molecule has 0 fully saturated rings. The minimum Gasteiger partial charge on any atom is -0.392 e. The Bertz CT molecular complexity index is 307. The molecule has 0 saturated carbocycles. The second-order valence-corrected chi connectivity index (χ2v) is 3.80. The number of aliphatic hydroxyl groups excluding tert-OH is 1. The van der Waals surface area contributed by atoms with E-state index >= 15 is 0 Å². The summed E-state index contributed by atoms with van der Waals surface area (Å²) < 4.78 is 0. The molecule has 1 aromatic carbocycles. The molecule has 0 aliphatic carbocycles. The summed E-state index contributed by atoms with van der Waals surface area (Å²) in [5.74, 6) is 0. The van der Waals surface area contributed by atoms with Gasteiger partial charge in [0, 0.05) is 0 Å². The zero-order valence-corrected chi connectivity index (χ0v) is 8.57. The van der Waals surface area contributed by atoms with E-state index < -0.39 is 5.60 Å². The molecule has 1 aromatic rings. The minimum atomic E-state index is -0.968. The average molecular weight is 192 g/mol. The van der Waals surface area contributed by atoms with Gasteiger partial charge in [0.1, 0.15) is 0 Å². The largest absolute Gasteiger partial charge is 0.392 e. The van der Waals surface area contributed by atoms with Crippen LogP contribution in [0.5, 0.6) is 0 Å². The third kappa shape index (κ3) is 2.98. The first-order valence-electron chi connectivity index (χ1n) is 4.63. The molecule has 0 aliphatic heterocycles. The van der Waals surface area contributed by atoms with Gasteiger partial charge >= 0.3 is 0 Å². The van der Waals surface area contributed by atoms with Gasteiger partial charge in [-0.05, 0) is 25.0 Å². The Morgan fingerprint density at radius 1 is 1.29 bits per heavy atom. The van der Waals surface area contributed by atoms with Crippen molar-refractivity contribution in [3.8, 4) is 0 Å². The van der Waals surface area contributed by atoms with E-state index in [0.29, 0.717) is 5.57 Å². The molecular formula is C12H16O2. The summed E-state index contributed by atoms with van der Waals surface area (Å²) in [6, 6.07) is 9.64. The molecule has 0 spiro atoms. The monoisotopic (exact) mass is 192 g/mol. The lowest BCUT2D eigenvalue weighted by molar-refractivity contribution is 0.106. The van der Waals surface area contributed by atoms with Crippen molar-refractivity contribution in [2.75, 3.05) is 6.61 Å². The van der Waals surface area contributed by atoms with Crippen LogP contribution in [0.4, 0.5) is 0 Å². The van der Waals surface area contributed by atoms with Crippen LogP contribution >= 0.6 is 0 Å². The van der Waals surface area contributed by atoms with Crippen LogP contribution in [0, 0.1) is 0 Å². The fourth-order valence-electron chi connectivity index (χ4n) is 1.17. The number of aliphatic hydroxyl groups is 2. The molecule has 76 valence electrons. The highest BCUT2D eigenvalue weighted by Crippen LogP contribution is 2.18. The Labute approximate surface area is 84.5 Å². The highest BCUT2D eigenvalue weighted by atomic mass is 16.3. The molecule has 0 aromatic heterocycles. The molecule has 0 aliphatic rings. The third-order valence-corrected chi connectivity index (χ3v) is 2.10. The van der Waals surface area contributed by atoms with Gasteiger partial charge in [-0.1, -0.05) is 36.4 Å². The molecular weight excluding hydrogens is 176 g/mol. The van der Waals surface area contributed by atoms with E-state index in [-0.39, 0.29) is 6.61 Å². The maximum absolute atomic E-state index is 9.71. The van der Waals surface area contributed by atoms with Gasteiger partial charge in [0.15, 0.2) is 0 Å². The molecule has 2 N–H and O–H groups in total.